The van der Waals surface area contributed by atoms with Gasteiger partial charge in [-0.05, 0) is 60.6 Å². The first-order chi connectivity index (χ1) is 9.56. The largest absolute Gasteiger partial charge is 0.271 e. The molecule has 0 aliphatic heterocycles. The van der Waals surface area contributed by atoms with Gasteiger partial charge in [0.1, 0.15) is 0 Å². The number of aryl methyl sites for hydroxylation is 4. The maximum Gasteiger partial charge on any atom is 0.0712 e. The molecule has 0 aliphatic carbocycles. The van der Waals surface area contributed by atoms with E-state index in [1.807, 2.05) is 0 Å². The highest BCUT2D eigenvalue weighted by Crippen LogP contribution is 2.27. The molecule has 2 aromatic rings. The highest BCUT2D eigenvalue weighted by molar-refractivity contribution is 5.42. The van der Waals surface area contributed by atoms with Gasteiger partial charge in [-0.3, -0.25) is 5.84 Å². The molecule has 0 heterocycles. The van der Waals surface area contributed by atoms with Crippen molar-refractivity contribution in [3.8, 4) is 0 Å². The summed E-state index contributed by atoms with van der Waals surface area (Å²) in [6.45, 7) is 8.60. The predicted molar refractivity (Wildman–Crippen MR) is 85.6 cm³/mol. The fourth-order valence-electron chi connectivity index (χ4n) is 2.61. The summed E-state index contributed by atoms with van der Waals surface area (Å²) in [7, 11) is 0. The first-order valence-electron chi connectivity index (χ1n) is 7.19. The Labute approximate surface area is 122 Å². The minimum Gasteiger partial charge on any atom is -0.271 e. The van der Waals surface area contributed by atoms with Crippen molar-refractivity contribution in [2.75, 3.05) is 0 Å². The van der Waals surface area contributed by atoms with E-state index in [-0.39, 0.29) is 6.04 Å². The molecule has 1 unspecified atom stereocenters. The van der Waals surface area contributed by atoms with Crippen LogP contribution in [-0.4, -0.2) is 0 Å². The van der Waals surface area contributed by atoms with Crippen LogP contribution in [0.5, 0.6) is 0 Å². The summed E-state index contributed by atoms with van der Waals surface area (Å²) >= 11 is 0. The quantitative estimate of drug-likeness (QED) is 0.655. The number of benzene rings is 2. The third kappa shape index (κ3) is 2.92. The molecule has 3 N–H and O–H groups in total. The minimum absolute atomic E-state index is 0.0419. The molecule has 0 aliphatic rings. The Morgan fingerprint density at radius 1 is 0.950 bits per heavy atom. The number of hydrogen-bond donors (Lipinski definition) is 2. The fourth-order valence-corrected chi connectivity index (χ4v) is 2.61. The number of nitrogens with two attached hydrogens (primary N) is 1. The molecule has 20 heavy (non-hydrogen) atoms. The smallest absolute Gasteiger partial charge is 0.0712 e. The molecular formula is C18H24N2. The highest BCUT2D eigenvalue weighted by atomic mass is 15.2. The predicted octanol–water partition coefficient (Wildman–Crippen LogP) is 3.73. The zero-order chi connectivity index (χ0) is 14.7. The molecule has 1 atom stereocenters. The third-order valence-corrected chi connectivity index (χ3v) is 4.08. The monoisotopic (exact) mass is 268 g/mol. The van der Waals surface area contributed by atoms with Crippen LogP contribution in [-0.2, 0) is 6.42 Å². The molecule has 0 aromatic heterocycles. The third-order valence-electron chi connectivity index (χ3n) is 4.08. The van der Waals surface area contributed by atoms with Crippen LogP contribution in [0.15, 0.2) is 36.4 Å². The summed E-state index contributed by atoms with van der Waals surface area (Å²) in [6.07, 6.45) is 1.06. The normalized spacial score (nSPS) is 12.4. The summed E-state index contributed by atoms with van der Waals surface area (Å²) < 4.78 is 0. The first kappa shape index (κ1) is 14.8. The second kappa shape index (κ2) is 6.21. The Morgan fingerprint density at radius 2 is 1.55 bits per heavy atom. The van der Waals surface area contributed by atoms with Gasteiger partial charge >= 0.3 is 0 Å². The summed E-state index contributed by atoms with van der Waals surface area (Å²) in [5.74, 6) is 5.81. The average molecular weight is 268 g/mol. The van der Waals surface area contributed by atoms with Gasteiger partial charge in [0, 0.05) is 0 Å². The Hall–Kier alpha value is -1.64. The molecule has 2 rings (SSSR count). The number of hydrogen-bond acceptors (Lipinski definition) is 2. The van der Waals surface area contributed by atoms with E-state index in [2.05, 4.69) is 69.5 Å². The van der Waals surface area contributed by atoms with Crippen molar-refractivity contribution in [1.29, 1.82) is 0 Å². The second-order valence-corrected chi connectivity index (χ2v) is 5.49. The van der Waals surface area contributed by atoms with Gasteiger partial charge < -0.3 is 0 Å². The van der Waals surface area contributed by atoms with Crippen LogP contribution in [0.3, 0.4) is 0 Å². The molecule has 0 saturated carbocycles. The second-order valence-electron chi connectivity index (χ2n) is 5.49. The van der Waals surface area contributed by atoms with E-state index >= 15 is 0 Å². The van der Waals surface area contributed by atoms with Crippen LogP contribution in [0.4, 0.5) is 0 Å². The highest BCUT2D eigenvalue weighted by Gasteiger charge is 2.15. The van der Waals surface area contributed by atoms with Gasteiger partial charge in [-0.25, -0.2) is 5.43 Å². The topological polar surface area (TPSA) is 38.0 Å². The fraction of sp³-hybridized carbons (Fsp3) is 0.333. The van der Waals surface area contributed by atoms with E-state index in [9.17, 15) is 0 Å². The molecule has 2 nitrogen and oxygen atoms in total. The molecule has 2 aromatic carbocycles. The lowest BCUT2D eigenvalue weighted by molar-refractivity contribution is 0.633. The molecule has 0 amide bonds. The van der Waals surface area contributed by atoms with Gasteiger partial charge in [-0.1, -0.05) is 43.3 Å². The summed E-state index contributed by atoms with van der Waals surface area (Å²) in [5, 5.41) is 0. The number of hydrazine groups is 1. The Bertz CT molecular complexity index is 585. The van der Waals surface area contributed by atoms with Crippen LogP contribution < -0.4 is 11.3 Å². The van der Waals surface area contributed by atoms with Crippen molar-refractivity contribution in [2.24, 2.45) is 5.84 Å². The van der Waals surface area contributed by atoms with E-state index in [1.165, 1.54) is 33.4 Å². The lowest BCUT2D eigenvalue weighted by Crippen LogP contribution is -2.29. The summed E-state index contributed by atoms with van der Waals surface area (Å²) in [4.78, 5) is 0. The Morgan fingerprint density at radius 3 is 2.10 bits per heavy atom. The molecular weight excluding hydrogens is 244 g/mol. The standard InChI is InChI=1S/C18H24N2/c1-5-15-6-8-16(9-7-15)18(20-19)17-11-13(3)12(2)10-14(17)4/h6-11,18,20H,5,19H2,1-4H3. The summed E-state index contributed by atoms with van der Waals surface area (Å²) in [6, 6.07) is 13.2. The summed E-state index contributed by atoms with van der Waals surface area (Å²) in [5.41, 5.74) is 10.7. The first-order valence-corrected chi connectivity index (χ1v) is 7.19. The Kier molecular flexibility index (Phi) is 4.58. The van der Waals surface area contributed by atoms with Gasteiger partial charge in [-0.15, -0.1) is 0 Å². The van der Waals surface area contributed by atoms with Gasteiger partial charge in [0.05, 0.1) is 6.04 Å². The van der Waals surface area contributed by atoms with Gasteiger partial charge in [0.25, 0.3) is 0 Å². The minimum atomic E-state index is 0.0419. The van der Waals surface area contributed by atoms with Crippen molar-refractivity contribution in [3.63, 3.8) is 0 Å². The van der Waals surface area contributed by atoms with Crippen molar-refractivity contribution >= 4 is 0 Å². The van der Waals surface area contributed by atoms with Crippen LogP contribution in [0.1, 0.15) is 46.3 Å². The number of rotatable bonds is 4. The van der Waals surface area contributed by atoms with Crippen LogP contribution >= 0.6 is 0 Å². The SMILES string of the molecule is CCc1ccc(C(NN)c2cc(C)c(C)cc2C)cc1. The van der Waals surface area contributed by atoms with E-state index < -0.39 is 0 Å². The van der Waals surface area contributed by atoms with Gasteiger partial charge in [0.15, 0.2) is 0 Å². The molecule has 0 saturated heterocycles. The molecule has 0 spiro atoms. The molecule has 0 bridgehead atoms. The zero-order valence-corrected chi connectivity index (χ0v) is 12.8. The van der Waals surface area contributed by atoms with E-state index in [0.29, 0.717) is 0 Å². The van der Waals surface area contributed by atoms with E-state index in [0.717, 1.165) is 6.42 Å². The zero-order valence-electron chi connectivity index (χ0n) is 12.8. The van der Waals surface area contributed by atoms with Crippen LogP contribution in [0, 0.1) is 20.8 Å². The van der Waals surface area contributed by atoms with Crippen molar-refractivity contribution in [1.82, 2.24) is 5.43 Å². The maximum absolute atomic E-state index is 5.81. The molecule has 106 valence electrons. The molecule has 0 fully saturated rings. The number of nitrogens with one attached hydrogen (secondary N) is 1. The van der Waals surface area contributed by atoms with Gasteiger partial charge in [-0.2, -0.15) is 0 Å². The molecule has 2 heteroatoms. The van der Waals surface area contributed by atoms with Crippen molar-refractivity contribution < 1.29 is 0 Å². The van der Waals surface area contributed by atoms with Crippen molar-refractivity contribution in [3.05, 3.63) is 69.8 Å². The van der Waals surface area contributed by atoms with Crippen molar-refractivity contribution in [2.45, 2.75) is 40.2 Å². The molecule has 0 radical (unpaired) electrons. The van der Waals surface area contributed by atoms with E-state index in [4.69, 9.17) is 5.84 Å². The Balaban J connectivity index is 2.43. The van der Waals surface area contributed by atoms with E-state index in [1.54, 1.807) is 0 Å². The van der Waals surface area contributed by atoms with Crippen LogP contribution in [0.2, 0.25) is 0 Å². The van der Waals surface area contributed by atoms with Crippen LogP contribution in [0.25, 0.3) is 0 Å². The lowest BCUT2D eigenvalue weighted by atomic mass is 9.91. The van der Waals surface area contributed by atoms with Gasteiger partial charge in [0.2, 0.25) is 0 Å². The average Bonchev–Trinajstić information content (AvgIpc) is 2.46. The lowest BCUT2D eigenvalue weighted by Gasteiger charge is -2.21. The maximum atomic E-state index is 5.81.